The lowest BCUT2D eigenvalue weighted by Crippen LogP contribution is -2.50. The Bertz CT molecular complexity index is 677. The van der Waals surface area contributed by atoms with E-state index in [0.717, 1.165) is 77.9 Å². The second-order valence-electron chi connectivity index (χ2n) is 9.64. The number of amides is 1. The van der Waals surface area contributed by atoms with E-state index in [9.17, 15) is 9.59 Å². The summed E-state index contributed by atoms with van der Waals surface area (Å²) >= 11 is 0. The number of primary amides is 1. The number of rotatable bonds is 7. The molecule has 3 N–H and O–H groups in total. The fraction of sp³-hybridized carbons (Fsp3) is 0.750. The molecular weight excluding hydrogens is 378 g/mol. The molecule has 0 saturated carbocycles. The monoisotopic (exact) mass is 415 g/mol. The molecule has 1 amide bonds. The molecule has 3 saturated heterocycles. The molecule has 4 atom stereocenters. The number of piperidine rings is 2. The zero-order chi connectivity index (χ0) is 21.0. The number of hydrogen-bond donors (Lipinski definition) is 2. The summed E-state index contributed by atoms with van der Waals surface area (Å²) in [6.07, 6.45) is 14.6. The highest BCUT2D eigenvalue weighted by Gasteiger charge is 2.43. The maximum absolute atomic E-state index is 13.0. The smallest absolute Gasteiger partial charge is 0.228 e. The molecular formula is C24H37N3O3. The molecule has 4 aliphatic rings. The van der Waals surface area contributed by atoms with Gasteiger partial charge in [0.1, 0.15) is 5.78 Å². The molecule has 3 aliphatic heterocycles. The van der Waals surface area contributed by atoms with Crippen molar-refractivity contribution in [2.45, 2.75) is 51.0 Å². The Balaban J connectivity index is 1.32. The first-order valence-corrected chi connectivity index (χ1v) is 11.8. The molecule has 3 fully saturated rings. The van der Waals surface area contributed by atoms with Gasteiger partial charge in [-0.05, 0) is 70.0 Å². The largest absolute Gasteiger partial charge is 0.378 e. The Morgan fingerprint density at radius 2 is 2.00 bits per heavy atom. The lowest BCUT2D eigenvalue weighted by molar-refractivity contribution is -0.130. The summed E-state index contributed by atoms with van der Waals surface area (Å²) in [7, 11) is 0. The van der Waals surface area contributed by atoms with Gasteiger partial charge >= 0.3 is 0 Å². The van der Waals surface area contributed by atoms with E-state index in [1.54, 1.807) is 0 Å². The van der Waals surface area contributed by atoms with Gasteiger partial charge in [0.05, 0.1) is 11.5 Å². The Morgan fingerprint density at radius 3 is 2.67 bits per heavy atom. The molecule has 0 aromatic heterocycles. The third kappa shape index (κ3) is 4.71. The first-order chi connectivity index (χ1) is 14.6. The Hall–Kier alpha value is -1.50. The number of hydrogen-bond acceptors (Lipinski definition) is 5. The minimum Gasteiger partial charge on any atom is -0.378 e. The van der Waals surface area contributed by atoms with E-state index in [1.807, 2.05) is 18.2 Å². The van der Waals surface area contributed by atoms with Gasteiger partial charge in [0.15, 0.2) is 0 Å². The van der Waals surface area contributed by atoms with Crippen LogP contribution in [0.15, 0.2) is 24.3 Å². The number of Topliss-reactive ketones (excluding diaryl/α,β-unsaturated/α-hetero) is 1. The van der Waals surface area contributed by atoms with Gasteiger partial charge < -0.3 is 20.7 Å². The number of ether oxygens (including phenoxy) is 1. The number of likely N-dealkylation sites (tertiary alicyclic amines) is 1. The van der Waals surface area contributed by atoms with E-state index in [0.29, 0.717) is 24.0 Å². The number of carbonyl (C=O) groups excluding carboxylic acids is 2. The van der Waals surface area contributed by atoms with Crippen LogP contribution < -0.4 is 11.1 Å². The highest BCUT2D eigenvalue weighted by atomic mass is 16.5. The summed E-state index contributed by atoms with van der Waals surface area (Å²) in [5.74, 6) is 1.00. The van der Waals surface area contributed by atoms with Crippen molar-refractivity contribution in [3.8, 4) is 0 Å². The predicted octanol–water partition coefficient (Wildman–Crippen LogP) is 2.05. The van der Waals surface area contributed by atoms with Crippen molar-refractivity contribution in [1.82, 2.24) is 10.2 Å². The summed E-state index contributed by atoms with van der Waals surface area (Å²) < 4.78 is 5.70. The topological polar surface area (TPSA) is 84.7 Å². The molecule has 30 heavy (non-hydrogen) atoms. The van der Waals surface area contributed by atoms with Gasteiger partial charge in [0.25, 0.3) is 0 Å². The molecule has 6 nitrogen and oxygen atoms in total. The molecule has 4 rings (SSSR count). The third-order valence-corrected chi connectivity index (χ3v) is 7.86. The van der Waals surface area contributed by atoms with Crippen LogP contribution in [0.4, 0.5) is 0 Å². The standard InChI is InChI=1S/C24H37N3O3/c25-23(29)24(9-2-1-3-10-24)19-7-12-27(13-8-19)17-18-6-11-26-16-21(18)22(28)15-20-5-4-14-30-20/h1-3,9,18-21,26H,4-8,10-17H2,(H2,25,29). The Morgan fingerprint density at radius 1 is 1.17 bits per heavy atom. The maximum atomic E-state index is 13.0. The average Bonchev–Trinajstić information content (AvgIpc) is 3.28. The number of ketones is 1. The molecule has 166 valence electrons. The van der Waals surface area contributed by atoms with Gasteiger partial charge in [-0.25, -0.2) is 0 Å². The van der Waals surface area contributed by atoms with Gasteiger partial charge in [-0.3, -0.25) is 9.59 Å². The second kappa shape index (κ2) is 9.75. The fourth-order valence-corrected chi connectivity index (χ4v) is 5.98. The van der Waals surface area contributed by atoms with E-state index in [1.165, 1.54) is 0 Å². The molecule has 1 aliphatic carbocycles. The number of allylic oxidation sites excluding steroid dienone is 3. The number of carbonyl (C=O) groups is 2. The number of nitrogens with two attached hydrogens (primary N) is 1. The van der Waals surface area contributed by atoms with Crippen LogP contribution in [-0.4, -0.2) is 62.0 Å². The van der Waals surface area contributed by atoms with Gasteiger partial charge in [-0.2, -0.15) is 0 Å². The van der Waals surface area contributed by atoms with Crippen LogP contribution in [0.1, 0.15) is 44.9 Å². The molecule has 0 aromatic carbocycles. The lowest BCUT2D eigenvalue weighted by atomic mass is 9.66. The minimum atomic E-state index is -0.518. The number of nitrogens with one attached hydrogen (secondary N) is 1. The normalized spacial score (nSPS) is 35.5. The van der Waals surface area contributed by atoms with E-state index in [-0.39, 0.29) is 17.9 Å². The van der Waals surface area contributed by atoms with Crippen molar-refractivity contribution in [2.24, 2.45) is 28.9 Å². The summed E-state index contributed by atoms with van der Waals surface area (Å²) in [6, 6.07) is 0. The van der Waals surface area contributed by atoms with Crippen molar-refractivity contribution in [1.29, 1.82) is 0 Å². The molecule has 0 radical (unpaired) electrons. The van der Waals surface area contributed by atoms with E-state index in [2.05, 4.69) is 16.3 Å². The van der Waals surface area contributed by atoms with Crippen molar-refractivity contribution in [3.63, 3.8) is 0 Å². The summed E-state index contributed by atoms with van der Waals surface area (Å²) in [5, 5.41) is 3.43. The summed E-state index contributed by atoms with van der Waals surface area (Å²) in [4.78, 5) is 27.8. The van der Waals surface area contributed by atoms with Gasteiger partial charge in [-0.15, -0.1) is 0 Å². The zero-order valence-electron chi connectivity index (χ0n) is 18.1. The van der Waals surface area contributed by atoms with Crippen LogP contribution in [0.3, 0.4) is 0 Å². The molecule has 4 unspecified atom stereocenters. The molecule has 0 bridgehead atoms. The molecule has 3 heterocycles. The third-order valence-electron chi connectivity index (χ3n) is 7.86. The van der Waals surface area contributed by atoms with Crippen molar-refractivity contribution >= 4 is 11.7 Å². The molecule has 0 aromatic rings. The quantitative estimate of drug-likeness (QED) is 0.665. The van der Waals surface area contributed by atoms with Gasteiger partial charge in [0.2, 0.25) is 5.91 Å². The first kappa shape index (κ1) is 21.7. The van der Waals surface area contributed by atoms with Crippen LogP contribution in [0, 0.1) is 23.2 Å². The average molecular weight is 416 g/mol. The van der Waals surface area contributed by atoms with E-state index >= 15 is 0 Å². The zero-order valence-corrected chi connectivity index (χ0v) is 18.1. The second-order valence-corrected chi connectivity index (χ2v) is 9.64. The molecule has 0 spiro atoms. The van der Waals surface area contributed by atoms with Gasteiger partial charge in [0, 0.05) is 32.0 Å². The Kier molecular flexibility index (Phi) is 7.06. The minimum absolute atomic E-state index is 0.101. The highest BCUT2D eigenvalue weighted by Crippen LogP contribution is 2.42. The fourth-order valence-electron chi connectivity index (χ4n) is 5.98. The molecule has 6 heteroatoms. The van der Waals surface area contributed by atoms with Gasteiger partial charge in [-0.1, -0.05) is 24.3 Å². The van der Waals surface area contributed by atoms with Crippen LogP contribution >= 0.6 is 0 Å². The maximum Gasteiger partial charge on any atom is 0.228 e. The predicted molar refractivity (Wildman–Crippen MR) is 117 cm³/mol. The highest BCUT2D eigenvalue weighted by molar-refractivity contribution is 5.84. The van der Waals surface area contributed by atoms with Crippen LogP contribution in [-0.2, 0) is 14.3 Å². The van der Waals surface area contributed by atoms with Crippen molar-refractivity contribution in [2.75, 3.05) is 39.3 Å². The summed E-state index contributed by atoms with van der Waals surface area (Å²) in [6.45, 7) is 5.54. The summed E-state index contributed by atoms with van der Waals surface area (Å²) in [5.41, 5.74) is 5.32. The van der Waals surface area contributed by atoms with Crippen LogP contribution in [0.5, 0.6) is 0 Å². The van der Waals surface area contributed by atoms with Crippen molar-refractivity contribution < 1.29 is 14.3 Å². The van der Waals surface area contributed by atoms with E-state index in [4.69, 9.17) is 10.5 Å². The van der Waals surface area contributed by atoms with Crippen LogP contribution in [0.25, 0.3) is 0 Å². The van der Waals surface area contributed by atoms with E-state index < -0.39 is 5.41 Å². The van der Waals surface area contributed by atoms with Crippen molar-refractivity contribution in [3.05, 3.63) is 24.3 Å². The number of nitrogens with zero attached hydrogens (tertiary/aromatic N) is 1. The SMILES string of the molecule is NC(=O)C1(C2CCN(CC3CCNCC3C(=O)CC3CCCO3)CC2)C=CC=CC1. The van der Waals surface area contributed by atoms with Crippen LogP contribution in [0.2, 0.25) is 0 Å². The first-order valence-electron chi connectivity index (χ1n) is 11.8. The lowest BCUT2D eigenvalue weighted by Gasteiger charge is -2.43. The Labute approximate surface area is 180 Å².